The lowest BCUT2D eigenvalue weighted by Gasteiger charge is -2.35. The van der Waals surface area contributed by atoms with E-state index in [9.17, 15) is 4.79 Å². The van der Waals surface area contributed by atoms with Crippen molar-refractivity contribution in [3.8, 4) is 11.5 Å². The molecule has 1 atom stereocenters. The zero-order chi connectivity index (χ0) is 14.4. The van der Waals surface area contributed by atoms with Crippen LogP contribution in [0.15, 0.2) is 18.2 Å². The molecule has 1 aromatic carbocycles. The van der Waals surface area contributed by atoms with Gasteiger partial charge in [-0.15, -0.1) is 0 Å². The maximum absolute atomic E-state index is 12.0. The topological polar surface area (TPSA) is 35.5 Å². The molecule has 1 aliphatic heterocycles. The number of hydrogen-bond donors (Lipinski definition) is 0. The molecule has 19 heavy (non-hydrogen) atoms. The fourth-order valence-corrected chi connectivity index (χ4v) is 2.17. The van der Waals surface area contributed by atoms with Crippen LogP contribution in [0.5, 0.6) is 11.5 Å². The second kappa shape index (κ2) is 4.26. The lowest BCUT2D eigenvalue weighted by atomic mass is 9.84. The van der Waals surface area contributed by atoms with Gasteiger partial charge in [-0.05, 0) is 11.5 Å². The molecule has 0 amide bonds. The Balaban J connectivity index is 2.50. The number of carbonyl (C=O) groups is 1. The van der Waals surface area contributed by atoms with Gasteiger partial charge in [0.2, 0.25) is 6.10 Å². The summed E-state index contributed by atoms with van der Waals surface area (Å²) < 4.78 is 11.4. The molecule has 1 aromatic rings. The fourth-order valence-electron chi connectivity index (χ4n) is 2.17. The summed E-state index contributed by atoms with van der Waals surface area (Å²) in [5.74, 6) is 0.915. The van der Waals surface area contributed by atoms with Crippen LogP contribution in [0.4, 0.5) is 0 Å². The Kier molecular flexibility index (Phi) is 3.12. The summed E-state index contributed by atoms with van der Waals surface area (Å²) in [4.78, 5) is 12.0. The third-order valence-corrected chi connectivity index (χ3v) is 3.23. The maximum Gasteiger partial charge on any atom is 0.353 e. The Morgan fingerprint density at radius 3 is 2.21 bits per heavy atom. The number of hydrogen-bond acceptors (Lipinski definition) is 3. The van der Waals surface area contributed by atoms with Crippen LogP contribution in [0.25, 0.3) is 0 Å². The monoisotopic (exact) mass is 262 g/mol. The van der Waals surface area contributed by atoms with E-state index in [1.165, 1.54) is 0 Å². The molecular formula is C16H22O3. The molecule has 0 fully saturated rings. The van der Waals surface area contributed by atoms with Gasteiger partial charge in [0.25, 0.3) is 0 Å². The van der Waals surface area contributed by atoms with E-state index in [1.807, 2.05) is 32.9 Å². The molecule has 0 N–H and O–H groups in total. The van der Waals surface area contributed by atoms with Crippen LogP contribution in [0.2, 0.25) is 0 Å². The van der Waals surface area contributed by atoms with Crippen molar-refractivity contribution in [3.63, 3.8) is 0 Å². The second-order valence-corrected chi connectivity index (χ2v) is 7.17. The molecule has 1 unspecified atom stereocenters. The number of para-hydroxylation sites is 1. The van der Waals surface area contributed by atoms with E-state index < -0.39 is 6.10 Å². The van der Waals surface area contributed by atoms with Crippen LogP contribution in [-0.4, -0.2) is 12.1 Å². The van der Waals surface area contributed by atoms with Gasteiger partial charge in [0, 0.05) is 11.0 Å². The van der Waals surface area contributed by atoms with Crippen LogP contribution < -0.4 is 9.47 Å². The minimum atomic E-state index is -0.566. The summed E-state index contributed by atoms with van der Waals surface area (Å²) in [6.07, 6.45) is -0.566. The highest BCUT2D eigenvalue weighted by molar-refractivity contribution is 5.81. The Labute approximate surface area is 114 Å². The number of rotatable bonds is 0. The summed E-state index contributed by atoms with van der Waals surface area (Å²) in [6, 6.07) is 5.70. The van der Waals surface area contributed by atoms with Crippen LogP contribution in [0, 0.1) is 5.41 Å². The Hall–Kier alpha value is -1.51. The minimum Gasteiger partial charge on any atom is -0.474 e. The molecule has 1 aliphatic rings. The first-order valence-corrected chi connectivity index (χ1v) is 6.62. The smallest absolute Gasteiger partial charge is 0.353 e. The highest BCUT2D eigenvalue weighted by Gasteiger charge is 2.40. The predicted octanol–water partition coefficient (Wildman–Crippen LogP) is 3.70. The lowest BCUT2D eigenvalue weighted by molar-refractivity contribution is -0.150. The normalized spacial score (nSPS) is 19.5. The molecule has 2 rings (SSSR count). The fraction of sp³-hybridized carbons (Fsp3) is 0.562. The molecule has 0 aromatic heterocycles. The van der Waals surface area contributed by atoms with Gasteiger partial charge >= 0.3 is 5.97 Å². The molecular weight excluding hydrogens is 240 g/mol. The second-order valence-electron chi connectivity index (χ2n) is 7.17. The SMILES string of the molecule is CC(C)(C)c1cccc2c1OC(C(C)(C)C)C(=O)O2. The summed E-state index contributed by atoms with van der Waals surface area (Å²) in [5.41, 5.74) is 0.712. The average Bonchev–Trinajstić information content (AvgIpc) is 2.24. The third-order valence-electron chi connectivity index (χ3n) is 3.23. The number of fused-ring (bicyclic) bond motifs is 1. The zero-order valence-corrected chi connectivity index (χ0v) is 12.5. The Bertz CT molecular complexity index is 504. The number of carbonyl (C=O) groups excluding carboxylic acids is 1. The molecule has 0 radical (unpaired) electrons. The van der Waals surface area contributed by atoms with Crippen molar-refractivity contribution in [2.45, 2.75) is 53.1 Å². The summed E-state index contributed by atoms with van der Waals surface area (Å²) in [6.45, 7) is 12.3. The van der Waals surface area contributed by atoms with Gasteiger partial charge in [0.05, 0.1) is 0 Å². The van der Waals surface area contributed by atoms with Crippen molar-refractivity contribution < 1.29 is 14.3 Å². The van der Waals surface area contributed by atoms with E-state index in [1.54, 1.807) is 6.07 Å². The molecule has 104 valence electrons. The van der Waals surface area contributed by atoms with Crippen LogP contribution in [-0.2, 0) is 10.2 Å². The summed E-state index contributed by atoms with van der Waals surface area (Å²) in [5, 5.41) is 0. The van der Waals surface area contributed by atoms with Crippen molar-refractivity contribution in [2.24, 2.45) is 5.41 Å². The molecule has 0 saturated heterocycles. The highest BCUT2D eigenvalue weighted by Crippen LogP contribution is 2.43. The van der Waals surface area contributed by atoms with E-state index in [2.05, 4.69) is 20.8 Å². The van der Waals surface area contributed by atoms with Crippen LogP contribution in [0.3, 0.4) is 0 Å². The molecule has 1 heterocycles. The molecule has 0 bridgehead atoms. The van der Waals surface area contributed by atoms with Crippen LogP contribution in [0.1, 0.15) is 47.1 Å². The molecule has 0 spiro atoms. The molecule has 0 aliphatic carbocycles. The standard InChI is InChI=1S/C16H22O3/c1-15(2,3)10-8-7-9-11-12(10)19-13(14(17)18-11)16(4,5)6/h7-9,13H,1-6H3. The van der Waals surface area contributed by atoms with Crippen molar-refractivity contribution in [3.05, 3.63) is 23.8 Å². The van der Waals surface area contributed by atoms with Gasteiger partial charge in [-0.3, -0.25) is 0 Å². The summed E-state index contributed by atoms with van der Waals surface area (Å²) in [7, 11) is 0. The van der Waals surface area contributed by atoms with Crippen molar-refractivity contribution in [1.82, 2.24) is 0 Å². The largest absolute Gasteiger partial charge is 0.474 e. The Morgan fingerprint density at radius 1 is 1.05 bits per heavy atom. The van der Waals surface area contributed by atoms with Crippen LogP contribution >= 0.6 is 0 Å². The highest BCUT2D eigenvalue weighted by atomic mass is 16.6. The first-order valence-electron chi connectivity index (χ1n) is 6.62. The zero-order valence-electron chi connectivity index (χ0n) is 12.5. The van der Waals surface area contributed by atoms with E-state index in [0.717, 1.165) is 5.56 Å². The summed E-state index contributed by atoms with van der Waals surface area (Å²) >= 11 is 0. The molecule has 3 heteroatoms. The number of ether oxygens (including phenoxy) is 2. The van der Waals surface area contributed by atoms with Gasteiger partial charge in [-0.2, -0.15) is 0 Å². The van der Waals surface area contributed by atoms with E-state index in [4.69, 9.17) is 9.47 Å². The minimum absolute atomic E-state index is 0.0580. The lowest BCUT2D eigenvalue weighted by Crippen LogP contribution is -2.45. The third kappa shape index (κ3) is 2.60. The first-order chi connectivity index (χ1) is 8.60. The van der Waals surface area contributed by atoms with Gasteiger partial charge in [0.15, 0.2) is 11.5 Å². The number of esters is 1. The van der Waals surface area contributed by atoms with Gasteiger partial charge < -0.3 is 9.47 Å². The van der Waals surface area contributed by atoms with Gasteiger partial charge in [-0.1, -0.05) is 53.7 Å². The maximum atomic E-state index is 12.0. The average molecular weight is 262 g/mol. The molecule has 0 saturated carbocycles. The number of benzene rings is 1. The first kappa shape index (κ1) is 13.9. The van der Waals surface area contributed by atoms with E-state index >= 15 is 0 Å². The van der Waals surface area contributed by atoms with Crippen molar-refractivity contribution in [1.29, 1.82) is 0 Å². The van der Waals surface area contributed by atoms with Gasteiger partial charge in [0.1, 0.15) is 0 Å². The van der Waals surface area contributed by atoms with Gasteiger partial charge in [-0.25, -0.2) is 4.79 Å². The quantitative estimate of drug-likeness (QED) is 0.528. The Morgan fingerprint density at radius 2 is 1.68 bits per heavy atom. The molecule has 3 nitrogen and oxygen atoms in total. The van der Waals surface area contributed by atoms with E-state index in [-0.39, 0.29) is 16.8 Å². The van der Waals surface area contributed by atoms with Crippen molar-refractivity contribution >= 4 is 5.97 Å². The predicted molar refractivity (Wildman–Crippen MR) is 74.6 cm³/mol. The van der Waals surface area contributed by atoms with E-state index in [0.29, 0.717) is 11.5 Å². The van der Waals surface area contributed by atoms with Crippen molar-refractivity contribution in [2.75, 3.05) is 0 Å².